The second-order valence-electron chi connectivity index (χ2n) is 5.80. The lowest BCUT2D eigenvalue weighted by Crippen LogP contribution is -2.43. The van der Waals surface area contributed by atoms with Crippen LogP contribution in [0, 0.1) is 5.92 Å². The Kier molecular flexibility index (Phi) is 8.73. The number of hydrogen-bond acceptors (Lipinski definition) is 4. The molecular formula is C14H31N3O3S. The molecule has 1 saturated heterocycles. The van der Waals surface area contributed by atoms with Gasteiger partial charge in [-0.1, -0.05) is 6.92 Å². The molecule has 0 spiro atoms. The van der Waals surface area contributed by atoms with Crippen molar-refractivity contribution in [2.75, 3.05) is 53.5 Å². The van der Waals surface area contributed by atoms with Crippen LogP contribution in [0.5, 0.6) is 0 Å². The minimum absolute atomic E-state index is 0.318. The van der Waals surface area contributed by atoms with Crippen molar-refractivity contribution in [1.29, 1.82) is 0 Å². The maximum Gasteiger partial charge on any atom is 0.281 e. The van der Waals surface area contributed by atoms with Crippen molar-refractivity contribution in [3.63, 3.8) is 0 Å². The van der Waals surface area contributed by atoms with Crippen LogP contribution >= 0.6 is 0 Å². The fraction of sp³-hybridized carbons (Fsp3) is 1.00. The normalized spacial score (nSPS) is 20.3. The third kappa shape index (κ3) is 6.61. The van der Waals surface area contributed by atoms with Gasteiger partial charge in [-0.15, -0.1) is 0 Å². The predicted octanol–water partition coefficient (Wildman–Crippen LogP) is 0.911. The third-order valence-electron chi connectivity index (χ3n) is 3.81. The molecule has 1 unspecified atom stereocenters. The van der Waals surface area contributed by atoms with Gasteiger partial charge in [0.1, 0.15) is 0 Å². The molecule has 0 saturated carbocycles. The number of ether oxygens (including phenoxy) is 1. The van der Waals surface area contributed by atoms with Gasteiger partial charge in [-0.2, -0.15) is 17.0 Å². The molecule has 0 aromatic carbocycles. The highest BCUT2D eigenvalue weighted by Gasteiger charge is 2.26. The first-order valence-corrected chi connectivity index (χ1v) is 9.34. The number of hydrogen-bond donors (Lipinski definition) is 1. The van der Waals surface area contributed by atoms with Crippen LogP contribution in [0.25, 0.3) is 0 Å². The van der Waals surface area contributed by atoms with Crippen LogP contribution in [-0.4, -0.2) is 70.5 Å². The van der Waals surface area contributed by atoms with Crippen molar-refractivity contribution in [3.05, 3.63) is 0 Å². The summed E-state index contributed by atoms with van der Waals surface area (Å²) in [5, 5.41) is 3.29. The summed E-state index contributed by atoms with van der Waals surface area (Å²) in [5.74, 6) is 0.318. The minimum Gasteiger partial charge on any atom is -0.381 e. The van der Waals surface area contributed by atoms with E-state index < -0.39 is 10.2 Å². The zero-order chi connectivity index (χ0) is 15.7. The highest BCUT2D eigenvalue weighted by atomic mass is 32.2. The van der Waals surface area contributed by atoms with Gasteiger partial charge in [-0.25, -0.2) is 0 Å². The number of rotatable bonds is 10. The molecule has 21 heavy (non-hydrogen) atoms. The molecule has 0 aromatic rings. The van der Waals surface area contributed by atoms with Gasteiger partial charge in [-0.3, -0.25) is 0 Å². The average Bonchev–Trinajstić information content (AvgIpc) is 2.47. The summed E-state index contributed by atoms with van der Waals surface area (Å²) in [6.45, 7) is 6.52. The van der Waals surface area contributed by atoms with E-state index in [0.29, 0.717) is 25.6 Å². The monoisotopic (exact) mass is 321 g/mol. The summed E-state index contributed by atoms with van der Waals surface area (Å²) < 4.78 is 33.2. The van der Waals surface area contributed by atoms with E-state index in [1.165, 1.54) is 8.61 Å². The fourth-order valence-electron chi connectivity index (χ4n) is 2.49. The lowest BCUT2D eigenvalue weighted by atomic mass is 10.0. The summed E-state index contributed by atoms with van der Waals surface area (Å²) in [7, 11) is -0.0295. The molecular weight excluding hydrogens is 290 g/mol. The van der Waals surface area contributed by atoms with E-state index in [0.717, 1.165) is 45.4 Å². The van der Waals surface area contributed by atoms with Crippen molar-refractivity contribution < 1.29 is 13.2 Å². The molecule has 0 bridgehead atoms. The van der Waals surface area contributed by atoms with Crippen molar-refractivity contribution in [3.8, 4) is 0 Å². The predicted molar refractivity (Wildman–Crippen MR) is 85.5 cm³/mol. The van der Waals surface area contributed by atoms with Gasteiger partial charge in [0.2, 0.25) is 0 Å². The molecule has 0 aliphatic carbocycles. The molecule has 1 N–H and O–H groups in total. The Bertz CT molecular complexity index is 370. The third-order valence-corrected chi connectivity index (χ3v) is 5.72. The molecule has 1 aliphatic heterocycles. The van der Waals surface area contributed by atoms with Gasteiger partial charge >= 0.3 is 0 Å². The first-order chi connectivity index (χ1) is 9.98. The lowest BCUT2D eigenvalue weighted by Gasteiger charge is -2.29. The molecule has 1 fully saturated rings. The molecule has 0 amide bonds. The molecule has 1 aliphatic rings. The molecule has 6 nitrogen and oxygen atoms in total. The van der Waals surface area contributed by atoms with Crippen LogP contribution in [0.4, 0.5) is 0 Å². The van der Waals surface area contributed by atoms with E-state index in [1.54, 1.807) is 14.1 Å². The second kappa shape index (κ2) is 9.74. The molecule has 1 heterocycles. The van der Waals surface area contributed by atoms with Crippen LogP contribution < -0.4 is 5.32 Å². The van der Waals surface area contributed by atoms with E-state index in [9.17, 15) is 8.42 Å². The van der Waals surface area contributed by atoms with Gasteiger partial charge in [0.15, 0.2) is 0 Å². The Hall–Kier alpha value is -0.210. The smallest absolute Gasteiger partial charge is 0.281 e. The first kappa shape index (κ1) is 18.8. The van der Waals surface area contributed by atoms with Gasteiger partial charge in [-0.05, 0) is 44.7 Å². The average molecular weight is 321 g/mol. The van der Waals surface area contributed by atoms with E-state index in [-0.39, 0.29) is 0 Å². The minimum atomic E-state index is -3.35. The number of nitrogens with zero attached hydrogens (tertiary/aromatic N) is 2. The Morgan fingerprint density at radius 3 is 2.62 bits per heavy atom. The van der Waals surface area contributed by atoms with Crippen molar-refractivity contribution in [2.45, 2.75) is 32.6 Å². The van der Waals surface area contributed by atoms with E-state index in [2.05, 4.69) is 12.2 Å². The zero-order valence-corrected chi connectivity index (χ0v) is 14.5. The Balaban J connectivity index is 2.34. The second-order valence-corrected chi connectivity index (χ2v) is 7.94. The van der Waals surface area contributed by atoms with Crippen LogP contribution in [-0.2, 0) is 14.9 Å². The van der Waals surface area contributed by atoms with Crippen molar-refractivity contribution >= 4 is 10.2 Å². The Morgan fingerprint density at radius 2 is 2.00 bits per heavy atom. The number of nitrogens with one attached hydrogen (secondary N) is 1. The maximum absolute atomic E-state index is 12.4. The molecule has 0 aromatic heterocycles. The Labute approximate surface area is 130 Å². The quantitative estimate of drug-likeness (QED) is 0.608. The van der Waals surface area contributed by atoms with Crippen LogP contribution in [0.3, 0.4) is 0 Å². The highest BCUT2D eigenvalue weighted by Crippen LogP contribution is 2.16. The van der Waals surface area contributed by atoms with Gasteiger partial charge in [0.25, 0.3) is 10.2 Å². The summed E-state index contributed by atoms with van der Waals surface area (Å²) in [5.41, 5.74) is 0. The van der Waals surface area contributed by atoms with Gasteiger partial charge < -0.3 is 10.1 Å². The summed E-state index contributed by atoms with van der Waals surface area (Å²) >= 11 is 0. The molecule has 7 heteroatoms. The van der Waals surface area contributed by atoms with Crippen LogP contribution in [0.1, 0.15) is 32.6 Å². The van der Waals surface area contributed by atoms with E-state index >= 15 is 0 Å². The SMILES string of the molecule is CCCNCCCN(C)S(=O)(=O)N(C)CC1CCCOC1. The van der Waals surface area contributed by atoms with Gasteiger partial charge in [0, 0.05) is 33.8 Å². The summed E-state index contributed by atoms with van der Waals surface area (Å²) in [4.78, 5) is 0. The summed E-state index contributed by atoms with van der Waals surface area (Å²) in [6.07, 6.45) is 4.00. The van der Waals surface area contributed by atoms with E-state index in [4.69, 9.17) is 4.74 Å². The maximum atomic E-state index is 12.4. The van der Waals surface area contributed by atoms with Gasteiger partial charge in [0.05, 0.1) is 6.61 Å². The van der Waals surface area contributed by atoms with E-state index in [1.807, 2.05) is 0 Å². The topological polar surface area (TPSA) is 61.9 Å². The highest BCUT2D eigenvalue weighted by molar-refractivity contribution is 7.86. The standard InChI is InChI=1S/C14H31N3O3S/c1-4-8-15-9-6-10-16(2)21(18,19)17(3)12-14-7-5-11-20-13-14/h14-15H,4-13H2,1-3H3. The lowest BCUT2D eigenvalue weighted by molar-refractivity contribution is 0.0491. The largest absolute Gasteiger partial charge is 0.381 e. The van der Waals surface area contributed by atoms with Crippen LogP contribution in [0.2, 0.25) is 0 Å². The fourth-order valence-corrected chi connectivity index (χ4v) is 3.73. The molecule has 126 valence electrons. The Morgan fingerprint density at radius 1 is 1.24 bits per heavy atom. The van der Waals surface area contributed by atoms with Crippen molar-refractivity contribution in [1.82, 2.24) is 13.9 Å². The molecule has 1 atom stereocenters. The summed E-state index contributed by atoms with van der Waals surface area (Å²) in [6, 6.07) is 0. The molecule has 1 rings (SSSR count). The zero-order valence-electron chi connectivity index (χ0n) is 13.7. The first-order valence-electron chi connectivity index (χ1n) is 7.94. The van der Waals surface area contributed by atoms with Crippen LogP contribution in [0.15, 0.2) is 0 Å². The molecule has 0 radical (unpaired) electrons. The van der Waals surface area contributed by atoms with Crippen molar-refractivity contribution in [2.24, 2.45) is 5.92 Å².